The van der Waals surface area contributed by atoms with Gasteiger partial charge in [0.25, 0.3) is 18.9 Å². The Hall–Kier alpha value is -2.52. The summed E-state index contributed by atoms with van der Waals surface area (Å²) in [7, 11) is 2.19. The van der Waals surface area contributed by atoms with Crippen LogP contribution in [0.1, 0.15) is 30.1 Å². The molecule has 0 bridgehead atoms. The predicted molar refractivity (Wildman–Crippen MR) is 111 cm³/mol. The second-order valence-corrected chi connectivity index (χ2v) is 7.56. The average molecular weight is 426 g/mol. The van der Waals surface area contributed by atoms with Crippen LogP contribution in [0.3, 0.4) is 0 Å². The number of carbonyl (C=O) groups excluding carboxylic acids is 1. The van der Waals surface area contributed by atoms with Crippen LogP contribution in [-0.2, 0) is 9.59 Å². The van der Waals surface area contributed by atoms with Gasteiger partial charge in [0.2, 0.25) is 0 Å². The molecule has 0 radical (unpaired) electrons. The molecule has 1 unspecified atom stereocenters. The third kappa shape index (κ3) is 8.46. The molecular formula is C21H32FN3O5. The molecule has 1 amide bonds. The lowest BCUT2D eigenvalue weighted by Crippen LogP contribution is -2.52. The Balaban J connectivity index is 0.000000672. The van der Waals surface area contributed by atoms with Gasteiger partial charge in [0, 0.05) is 50.9 Å². The lowest BCUT2D eigenvalue weighted by molar-refractivity contribution is -0.123. The summed E-state index contributed by atoms with van der Waals surface area (Å²) in [6.07, 6.45) is 2.12. The van der Waals surface area contributed by atoms with Crippen molar-refractivity contribution in [2.24, 2.45) is 5.92 Å². The molecule has 1 atom stereocenters. The highest BCUT2D eigenvalue weighted by Gasteiger charge is 2.28. The Morgan fingerprint density at radius 3 is 2.10 bits per heavy atom. The van der Waals surface area contributed by atoms with Crippen molar-refractivity contribution in [2.75, 3.05) is 46.3 Å². The van der Waals surface area contributed by atoms with Crippen LogP contribution in [0.15, 0.2) is 24.3 Å². The smallest absolute Gasteiger partial charge is 0.290 e. The first kappa shape index (κ1) is 25.5. The normalized spacial score (nSPS) is 20.2. The van der Waals surface area contributed by atoms with Crippen LogP contribution < -0.4 is 0 Å². The van der Waals surface area contributed by atoms with E-state index in [1.807, 2.05) is 4.90 Å². The van der Waals surface area contributed by atoms with E-state index in [2.05, 4.69) is 23.8 Å². The molecule has 3 rings (SSSR count). The molecule has 2 fully saturated rings. The number of piperazine rings is 1. The van der Waals surface area contributed by atoms with Gasteiger partial charge in [-0.1, -0.05) is 0 Å². The summed E-state index contributed by atoms with van der Waals surface area (Å²) in [6, 6.07) is 6.48. The molecule has 1 aromatic rings. The maximum Gasteiger partial charge on any atom is 0.290 e. The lowest BCUT2D eigenvalue weighted by atomic mass is 9.94. The third-order valence-corrected chi connectivity index (χ3v) is 5.45. The zero-order chi connectivity index (χ0) is 22.5. The van der Waals surface area contributed by atoms with Crippen LogP contribution in [0.5, 0.6) is 0 Å². The number of likely N-dealkylation sites (tertiary alicyclic amines) is 1. The largest absolute Gasteiger partial charge is 0.483 e. The third-order valence-electron chi connectivity index (χ3n) is 5.45. The molecule has 9 heteroatoms. The zero-order valence-corrected chi connectivity index (χ0v) is 17.6. The molecule has 2 N–H and O–H groups in total. The van der Waals surface area contributed by atoms with Crippen LogP contribution in [-0.4, -0.2) is 96.1 Å². The summed E-state index contributed by atoms with van der Waals surface area (Å²) < 4.78 is 13.0. The van der Waals surface area contributed by atoms with Crippen LogP contribution in [0.25, 0.3) is 0 Å². The molecule has 0 aliphatic carbocycles. The van der Waals surface area contributed by atoms with Crippen molar-refractivity contribution in [2.45, 2.75) is 25.8 Å². The molecule has 2 aliphatic heterocycles. The standard InChI is InChI=1S/C19H28FN3O.2CH2O2/c1-15-13-21(2)11-12-23(15)14-16-7-9-22(10-8-16)19(24)17-3-5-18(20)6-4-17;2*2-1-3/h3-6,15-16H,7-14H2,1-2H3;2*1H,(H,2,3). The SMILES string of the molecule is CC1CN(C)CCN1CC1CCN(C(=O)c2ccc(F)cc2)CC1.O=CO.O=CO. The Labute approximate surface area is 176 Å². The van der Waals surface area contributed by atoms with Crippen LogP contribution in [0, 0.1) is 11.7 Å². The summed E-state index contributed by atoms with van der Waals surface area (Å²) in [4.78, 5) is 36.1. The first-order valence-corrected chi connectivity index (χ1v) is 9.99. The number of carboxylic acid groups (broad SMARTS) is 2. The molecule has 0 aromatic heterocycles. The Morgan fingerprint density at radius 2 is 1.60 bits per heavy atom. The van der Waals surface area contributed by atoms with E-state index in [4.69, 9.17) is 19.8 Å². The Bertz CT molecular complexity index is 645. The quantitative estimate of drug-likeness (QED) is 0.711. The van der Waals surface area contributed by atoms with E-state index < -0.39 is 0 Å². The molecule has 2 heterocycles. The fourth-order valence-electron chi connectivity index (χ4n) is 3.87. The van der Waals surface area contributed by atoms with Crippen molar-refractivity contribution in [3.05, 3.63) is 35.6 Å². The minimum Gasteiger partial charge on any atom is -0.483 e. The minimum atomic E-state index is -0.299. The number of piperidine rings is 1. The number of likely N-dealkylation sites (N-methyl/N-ethyl adjacent to an activating group) is 1. The van der Waals surface area contributed by atoms with E-state index in [0.717, 1.165) is 52.1 Å². The monoisotopic (exact) mass is 425 g/mol. The molecule has 8 nitrogen and oxygen atoms in total. The van der Waals surface area contributed by atoms with E-state index in [1.165, 1.54) is 12.1 Å². The Kier molecular flexibility index (Phi) is 11.6. The number of benzene rings is 1. The highest BCUT2D eigenvalue weighted by atomic mass is 19.1. The number of rotatable bonds is 3. The van der Waals surface area contributed by atoms with Crippen LogP contribution in [0.4, 0.5) is 4.39 Å². The molecule has 168 valence electrons. The molecule has 2 saturated heterocycles. The number of carbonyl (C=O) groups is 3. The summed E-state index contributed by atoms with van der Waals surface area (Å²) >= 11 is 0. The second kappa shape index (κ2) is 13.7. The number of amides is 1. The van der Waals surface area contributed by atoms with Crippen molar-refractivity contribution in [1.29, 1.82) is 0 Å². The molecule has 1 aromatic carbocycles. The van der Waals surface area contributed by atoms with Gasteiger partial charge in [0.15, 0.2) is 0 Å². The maximum absolute atomic E-state index is 13.0. The molecule has 2 aliphatic rings. The highest BCUT2D eigenvalue weighted by molar-refractivity contribution is 5.94. The number of hydrogen-bond donors (Lipinski definition) is 2. The first-order chi connectivity index (χ1) is 14.4. The minimum absolute atomic E-state index is 0.0291. The van der Waals surface area contributed by atoms with Gasteiger partial charge in [-0.2, -0.15) is 0 Å². The molecule has 0 saturated carbocycles. The molecular weight excluding hydrogens is 393 g/mol. The summed E-state index contributed by atoms with van der Waals surface area (Å²) in [5.41, 5.74) is 0.586. The van der Waals surface area contributed by atoms with E-state index in [0.29, 0.717) is 17.5 Å². The van der Waals surface area contributed by atoms with Crippen LogP contribution in [0.2, 0.25) is 0 Å². The van der Waals surface area contributed by atoms with E-state index in [-0.39, 0.29) is 24.7 Å². The van der Waals surface area contributed by atoms with Gasteiger partial charge < -0.3 is 20.0 Å². The van der Waals surface area contributed by atoms with E-state index >= 15 is 0 Å². The fourth-order valence-corrected chi connectivity index (χ4v) is 3.87. The van der Waals surface area contributed by atoms with Crippen molar-refractivity contribution in [3.8, 4) is 0 Å². The zero-order valence-electron chi connectivity index (χ0n) is 17.6. The lowest BCUT2D eigenvalue weighted by Gasteiger charge is -2.41. The van der Waals surface area contributed by atoms with Gasteiger partial charge in [-0.05, 0) is 57.0 Å². The number of nitrogens with zero attached hydrogens (tertiary/aromatic N) is 3. The first-order valence-electron chi connectivity index (χ1n) is 9.99. The van der Waals surface area contributed by atoms with Crippen molar-refractivity contribution < 1.29 is 29.0 Å². The fraction of sp³-hybridized carbons (Fsp3) is 0.571. The molecule has 30 heavy (non-hydrogen) atoms. The Morgan fingerprint density at radius 1 is 1.07 bits per heavy atom. The summed E-state index contributed by atoms with van der Waals surface area (Å²) in [5.74, 6) is 0.404. The number of halogens is 1. The molecule has 0 spiro atoms. The second-order valence-electron chi connectivity index (χ2n) is 7.56. The van der Waals surface area contributed by atoms with Crippen molar-refractivity contribution >= 4 is 18.9 Å². The maximum atomic E-state index is 13.0. The van der Waals surface area contributed by atoms with Gasteiger partial charge in [-0.3, -0.25) is 19.3 Å². The number of hydrogen-bond acceptors (Lipinski definition) is 5. The summed E-state index contributed by atoms with van der Waals surface area (Å²) in [6.45, 7) is 8.00. The topological polar surface area (TPSA) is 101 Å². The average Bonchev–Trinajstić information content (AvgIpc) is 2.72. The summed E-state index contributed by atoms with van der Waals surface area (Å²) in [5, 5.41) is 13.8. The van der Waals surface area contributed by atoms with E-state index in [1.54, 1.807) is 12.1 Å². The van der Waals surface area contributed by atoms with Gasteiger partial charge in [-0.25, -0.2) is 4.39 Å². The van der Waals surface area contributed by atoms with Crippen molar-refractivity contribution in [1.82, 2.24) is 14.7 Å². The van der Waals surface area contributed by atoms with E-state index in [9.17, 15) is 9.18 Å². The highest BCUT2D eigenvalue weighted by Crippen LogP contribution is 2.22. The predicted octanol–water partition coefficient (Wildman–Crippen LogP) is 1.72. The van der Waals surface area contributed by atoms with Gasteiger partial charge >= 0.3 is 0 Å². The van der Waals surface area contributed by atoms with Gasteiger partial charge in [0.1, 0.15) is 5.82 Å². The van der Waals surface area contributed by atoms with Crippen LogP contribution >= 0.6 is 0 Å². The van der Waals surface area contributed by atoms with Crippen molar-refractivity contribution in [3.63, 3.8) is 0 Å². The van der Waals surface area contributed by atoms with Gasteiger partial charge in [-0.15, -0.1) is 0 Å². The van der Waals surface area contributed by atoms with Gasteiger partial charge in [0.05, 0.1) is 0 Å².